The normalized spacial score (nSPS) is 20.5. The van der Waals surface area contributed by atoms with Crippen molar-refractivity contribution >= 4 is 0 Å². The van der Waals surface area contributed by atoms with Crippen molar-refractivity contribution in [3.8, 4) is 0 Å². The summed E-state index contributed by atoms with van der Waals surface area (Å²) in [6.07, 6.45) is 8.83. The molecule has 1 atom stereocenters. The number of aliphatic hydroxyl groups is 1. The first-order chi connectivity index (χ1) is 8.91. The Hall–Kier alpha value is -0.0800. The highest BCUT2D eigenvalue weighted by molar-refractivity contribution is 4.89. The van der Waals surface area contributed by atoms with Crippen molar-refractivity contribution in [1.29, 1.82) is 0 Å². The first-order valence-corrected chi connectivity index (χ1v) is 8.27. The van der Waals surface area contributed by atoms with E-state index in [4.69, 9.17) is 4.74 Å². The number of hydrogen-bond donors (Lipinski definition) is 1. The van der Waals surface area contributed by atoms with Crippen LogP contribution in [-0.2, 0) is 4.74 Å². The van der Waals surface area contributed by atoms with E-state index in [2.05, 4.69) is 34.6 Å². The van der Waals surface area contributed by atoms with Gasteiger partial charge < -0.3 is 9.84 Å². The molecule has 0 saturated heterocycles. The minimum atomic E-state index is -0.653. The van der Waals surface area contributed by atoms with E-state index in [-0.39, 0.29) is 11.0 Å². The minimum absolute atomic E-state index is 0.119. The van der Waals surface area contributed by atoms with Crippen molar-refractivity contribution in [2.45, 2.75) is 97.9 Å². The molecule has 0 aromatic rings. The van der Waals surface area contributed by atoms with Gasteiger partial charge in [0.2, 0.25) is 0 Å². The second-order valence-electron chi connectivity index (χ2n) is 6.92. The van der Waals surface area contributed by atoms with Gasteiger partial charge in [0.15, 0.2) is 6.29 Å². The molecule has 0 aromatic carbocycles. The summed E-state index contributed by atoms with van der Waals surface area (Å²) in [5, 5.41) is 10.5. The molecule has 0 aromatic heterocycles. The van der Waals surface area contributed by atoms with E-state index in [1.807, 2.05) is 0 Å². The van der Waals surface area contributed by atoms with E-state index < -0.39 is 6.29 Å². The Morgan fingerprint density at radius 1 is 1.00 bits per heavy atom. The third-order valence-corrected chi connectivity index (χ3v) is 5.47. The molecule has 0 amide bonds. The van der Waals surface area contributed by atoms with Crippen molar-refractivity contribution in [3.05, 3.63) is 0 Å². The summed E-state index contributed by atoms with van der Waals surface area (Å²) in [7, 11) is 0. The minimum Gasteiger partial charge on any atom is -0.367 e. The third kappa shape index (κ3) is 3.95. The topological polar surface area (TPSA) is 29.5 Å². The van der Waals surface area contributed by atoms with Gasteiger partial charge in [-0.15, -0.1) is 0 Å². The van der Waals surface area contributed by atoms with Crippen molar-refractivity contribution in [2.24, 2.45) is 11.3 Å². The molecule has 1 saturated carbocycles. The SMILES string of the molecule is CCC(C)(C)C(O)OC(CC)(CC)C1CCCCC1. The molecule has 0 aliphatic heterocycles. The quantitative estimate of drug-likeness (QED) is 0.667. The highest BCUT2D eigenvalue weighted by Crippen LogP contribution is 2.42. The first kappa shape index (κ1) is 17.0. The molecule has 0 heterocycles. The molecular weight excluding hydrogens is 236 g/mol. The standard InChI is InChI=1S/C17H34O2/c1-6-16(4,5)15(18)19-17(7-2,8-3)14-12-10-9-11-13-14/h14-15,18H,6-13H2,1-5H3. The fourth-order valence-electron chi connectivity index (χ4n) is 3.28. The average Bonchev–Trinajstić information content (AvgIpc) is 2.45. The van der Waals surface area contributed by atoms with Gasteiger partial charge in [0.05, 0.1) is 5.60 Å². The van der Waals surface area contributed by atoms with E-state index in [1.165, 1.54) is 32.1 Å². The predicted octanol–water partition coefficient (Wildman–Crippen LogP) is 4.90. The Morgan fingerprint density at radius 3 is 1.95 bits per heavy atom. The summed E-state index contributed by atoms with van der Waals surface area (Å²) in [5.41, 5.74) is -0.281. The van der Waals surface area contributed by atoms with Gasteiger partial charge in [-0.2, -0.15) is 0 Å². The second kappa shape index (κ2) is 7.08. The molecular formula is C17H34O2. The zero-order valence-corrected chi connectivity index (χ0v) is 13.7. The van der Waals surface area contributed by atoms with E-state index in [9.17, 15) is 5.11 Å². The Kier molecular flexibility index (Phi) is 6.32. The lowest BCUT2D eigenvalue weighted by Gasteiger charge is -2.45. The third-order valence-electron chi connectivity index (χ3n) is 5.47. The zero-order chi connectivity index (χ0) is 14.5. The molecule has 114 valence electrons. The second-order valence-corrected chi connectivity index (χ2v) is 6.92. The monoisotopic (exact) mass is 270 g/mol. The Bertz CT molecular complexity index is 250. The molecule has 19 heavy (non-hydrogen) atoms. The Labute approximate surface area is 119 Å². The van der Waals surface area contributed by atoms with Crippen LogP contribution < -0.4 is 0 Å². The van der Waals surface area contributed by atoms with Crippen molar-refractivity contribution in [3.63, 3.8) is 0 Å². The van der Waals surface area contributed by atoms with E-state index >= 15 is 0 Å². The van der Waals surface area contributed by atoms with Gasteiger partial charge in [0, 0.05) is 5.41 Å². The van der Waals surface area contributed by atoms with Crippen LogP contribution in [-0.4, -0.2) is 17.0 Å². The molecule has 2 nitrogen and oxygen atoms in total. The average molecular weight is 270 g/mol. The smallest absolute Gasteiger partial charge is 0.160 e. The zero-order valence-electron chi connectivity index (χ0n) is 13.7. The van der Waals surface area contributed by atoms with Crippen molar-refractivity contribution < 1.29 is 9.84 Å². The highest BCUT2D eigenvalue weighted by atomic mass is 16.6. The van der Waals surface area contributed by atoms with Gasteiger partial charge in [-0.1, -0.05) is 53.9 Å². The molecule has 2 heteroatoms. The number of aliphatic hydroxyl groups excluding tert-OH is 1. The number of rotatable bonds is 7. The summed E-state index contributed by atoms with van der Waals surface area (Å²) in [5.74, 6) is 0.624. The van der Waals surface area contributed by atoms with Crippen LogP contribution in [0.3, 0.4) is 0 Å². The lowest BCUT2D eigenvalue weighted by molar-refractivity contribution is -0.252. The van der Waals surface area contributed by atoms with Crippen LogP contribution in [0.15, 0.2) is 0 Å². The molecule has 0 bridgehead atoms. The summed E-state index contributed by atoms with van der Waals surface area (Å²) >= 11 is 0. The van der Waals surface area contributed by atoms with Crippen molar-refractivity contribution in [1.82, 2.24) is 0 Å². The van der Waals surface area contributed by atoms with Gasteiger partial charge >= 0.3 is 0 Å². The summed E-state index contributed by atoms with van der Waals surface area (Å²) in [4.78, 5) is 0. The Balaban J connectivity index is 2.80. The van der Waals surface area contributed by atoms with Crippen LogP contribution in [0.4, 0.5) is 0 Å². The predicted molar refractivity (Wildman–Crippen MR) is 81.1 cm³/mol. The molecule has 1 rings (SSSR count). The van der Waals surface area contributed by atoms with Gasteiger partial charge in [-0.05, 0) is 38.0 Å². The van der Waals surface area contributed by atoms with Crippen LogP contribution >= 0.6 is 0 Å². The maximum absolute atomic E-state index is 10.5. The van der Waals surface area contributed by atoms with Crippen LogP contribution in [0.1, 0.15) is 86.0 Å². The van der Waals surface area contributed by atoms with Gasteiger partial charge in [0.1, 0.15) is 0 Å². The van der Waals surface area contributed by atoms with E-state index in [1.54, 1.807) is 0 Å². The molecule has 0 spiro atoms. The fourth-order valence-corrected chi connectivity index (χ4v) is 3.28. The summed E-state index contributed by atoms with van der Waals surface area (Å²) in [6.45, 7) is 10.7. The Morgan fingerprint density at radius 2 is 1.53 bits per heavy atom. The van der Waals surface area contributed by atoms with Crippen molar-refractivity contribution in [2.75, 3.05) is 0 Å². The summed E-state index contributed by atoms with van der Waals surface area (Å²) in [6, 6.07) is 0. The van der Waals surface area contributed by atoms with Gasteiger partial charge in [0.25, 0.3) is 0 Å². The molecule has 1 fully saturated rings. The first-order valence-electron chi connectivity index (χ1n) is 8.27. The molecule has 0 radical (unpaired) electrons. The molecule has 1 aliphatic carbocycles. The largest absolute Gasteiger partial charge is 0.367 e. The summed E-state index contributed by atoms with van der Waals surface area (Å²) < 4.78 is 6.29. The van der Waals surface area contributed by atoms with Gasteiger partial charge in [-0.3, -0.25) is 0 Å². The molecule has 1 aliphatic rings. The van der Waals surface area contributed by atoms with E-state index in [0.29, 0.717) is 5.92 Å². The maximum atomic E-state index is 10.5. The van der Waals surface area contributed by atoms with Crippen LogP contribution in [0.25, 0.3) is 0 Å². The molecule has 1 unspecified atom stereocenters. The van der Waals surface area contributed by atoms with E-state index in [0.717, 1.165) is 19.3 Å². The molecule has 1 N–H and O–H groups in total. The lowest BCUT2D eigenvalue weighted by Crippen LogP contribution is -2.47. The fraction of sp³-hybridized carbons (Fsp3) is 1.00. The van der Waals surface area contributed by atoms with Crippen LogP contribution in [0.5, 0.6) is 0 Å². The highest BCUT2D eigenvalue weighted by Gasteiger charge is 2.41. The van der Waals surface area contributed by atoms with Crippen LogP contribution in [0.2, 0.25) is 0 Å². The number of ether oxygens (including phenoxy) is 1. The van der Waals surface area contributed by atoms with Crippen LogP contribution in [0, 0.1) is 11.3 Å². The van der Waals surface area contributed by atoms with Gasteiger partial charge in [-0.25, -0.2) is 0 Å². The maximum Gasteiger partial charge on any atom is 0.160 e. The number of hydrogen-bond acceptors (Lipinski definition) is 2. The lowest BCUT2D eigenvalue weighted by atomic mass is 9.73.